The number of phenols is 1. The van der Waals surface area contributed by atoms with Crippen LogP contribution in [-0.2, 0) is 19.1 Å². The van der Waals surface area contributed by atoms with Crippen molar-refractivity contribution in [3.8, 4) is 28.7 Å². The van der Waals surface area contributed by atoms with Gasteiger partial charge >= 0.3 is 11.9 Å². The number of ether oxygens (including phenoxy) is 6. The molecule has 0 saturated carbocycles. The van der Waals surface area contributed by atoms with Gasteiger partial charge in [-0.05, 0) is 35.4 Å². The third-order valence-electron chi connectivity index (χ3n) is 6.53. The summed E-state index contributed by atoms with van der Waals surface area (Å²) < 4.78 is 33.2. The number of fused-ring (bicyclic) bond motifs is 3. The Hall–Kier alpha value is -3.62. The van der Waals surface area contributed by atoms with Gasteiger partial charge < -0.3 is 33.5 Å². The van der Waals surface area contributed by atoms with E-state index >= 15 is 0 Å². The van der Waals surface area contributed by atoms with E-state index in [9.17, 15) is 14.7 Å². The van der Waals surface area contributed by atoms with Crippen LogP contribution >= 0.6 is 0 Å². The zero-order valence-corrected chi connectivity index (χ0v) is 18.5. The Bertz CT molecular complexity index is 1100. The predicted molar refractivity (Wildman–Crippen MR) is 113 cm³/mol. The van der Waals surface area contributed by atoms with Crippen LogP contribution in [0.3, 0.4) is 0 Å². The van der Waals surface area contributed by atoms with Crippen LogP contribution in [0.25, 0.3) is 0 Å². The van der Waals surface area contributed by atoms with Crippen molar-refractivity contribution in [2.24, 2.45) is 11.8 Å². The van der Waals surface area contributed by atoms with Gasteiger partial charge in [-0.25, -0.2) is 0 Å². The van der Waals surface area contributed by atoms with E-state index in [2.05, 4.69) is 0 Å². The van der Waals surface area contributed by atoms with Gasteiger partial charge in [-0.3, -0.25) is 9.59 Å². The highest BCUT2D eigenvalue weighted by Gasteiger charge is 2.54. The van der Waals surface area contributed by atoms with Crippen LogP contribution in [0.4, 0.5) is 0 Å². The maximum atomic E-state index is 13.0. The number of carbonyl (C=O) groups excluding carboxylic acids is 2. The molecule has 0 amide bonds. The molecule has 9 nitrogen and oxygen atoms in total. The van der Waals surface area contributed by atoms with Crippen molar-refractivity contribution in [1.29, 1.82) is 0 Å². The number of aromatic hydroxyl groups is 1. The fourth-order valence-electron chi connectivity index (χ4n) is 4.98. The van der Waals surface area contributed by atoms with Crippen molar-refractivity contribution in [2.75, 3.05) is 27.6 Å². The van der Waals surface area contributed by atoms with Crippen molar-refractivity contribution >= 4 is 11.9 Å². The summed E-state index contributed by atoms with van der Waals surface area (Å²) >= 11 is 0. The number of benzene rings is 2. The van der Waals surface area contributed by atoms with Crippen molar-refractivity contribution in [3.63, 3.8) is 0 Å². The molecule has 1 N–H and O–H groups in total. The highest BCUT2D eigenvalue weighted by atomic mass is 16.7. The molecule has 33 heavy (non-hydrogen) atoms. The summed E-state index contributed by atoms with van der Waals surface area (Å²) in [4.78, 5) is 25.3. The summed E-state index contributed by atoms with van der Waals surface area (Å²) in [5.41, 5.74) is 2.18. The van der Waals surface area contributed by atoms with E-state index in [-0.39, 0.29) is 49.0 Å². The quantitative estimate of drug-likeness (QED) is 0.679. The lowest BCUT2D eigenvalue weighted by Crippen LogP contribution is -2.36. The Kier molecular flexibility index (Phi) is 5.19. The maximum Gasteiger partial charge on any atom is 0.310 e. The first kappa shape index (κ1) is 21.2. The minimum Gasteiger partial charge on any atom is -0.502 e. The van der Waals surface area contributed by atoms with Crippen molar-refractivity contribution in [1.82, 2.24) is 0 Å². The van der Waals surface area contributed by atoms with Crippen LogP contribution < -0.4 is 18.9 Å². The van der Waals surface area contributed by atoms with Crippen LogP contribution in [0.15, 0.2) is 24.3 Å². The van der Waals surface area contributed by atoms with Crippen molar-refractivity contribution < 1.29 is 43.1 Å². The lowest BCUT2D eigenvalue weighted by Gasteiger charge is -2.38. The zero-order valence-electron chi connectivity index (χ0n) is 18.5. The Labute approximate surface area is 190 Å². The molecule has 2 aromatic carbocycles. The average molecular weight is 456 g/mol. The zero-order chi connectivity index (χ0) is 23.3. The molecule has 3 aliphatic rings. The van der Waals surface area contributed by atoms with Crippen LogP contribution in [0.2, 0.25) is 0 Å². The summed E-state index contributed by atoms with van der Waals surface area (Å²) in [6.07, 6.45) is -0.464. The summed E-state index contributed by atoms with van der Waals surface area (Å²) in [7, 11) is 2.88. The topological polar surface area (TPSA) is 110 Å². The minimum absolute atomic E-state index is 0.0814. The van der Waals surface area contributed by atoms with E-state index < -0.39 is 23.9 Å². The number of cyclic esters (lactones) is 1. The fraction of sp³-hybridized carbons (Fsp3) is 0.417. The van der Waals surface area contributed by atoms with Gasteiger partial charge in [0, 0.05) is 23.8 Å². The first-order valence-corrected chi connectivity index (χ1v) is 10.7. The maximum absolute atomic E-state index is 13.0. The molecular weight excluding hydrogens is 432 g/mol. The monoisotopic (exact) mass is 456 g/mol. The normalized spacial score (nSPS) is 24.5. The third kappa shape index (κ3) is 3.30. The molecule has 174 valence electrons. The molecule has 0 unspecified atom stereocenters. The molecule has 2 aromatic rings. The van der Waals surface area contributed by atoms with Crippen molar-refractivity contribution in [3.05, 3.63) is 41.0 Å². The second-order valence-electron chi connectivity index (χ2n) is 8.17. The number of hydrogen-bond acceptors (Lipinski definition) is 9. The van der Waals surface area contributed by atoms with Gasteiger partial charge in [-0.1, -0.05) is 6.92 Å². The lowest BCUT2D eigenvalue weighted by atomic mass is 9.66. The highest BCUT2D eigenvalue weighted by Crippen LogP contribution is 2.56. The molecule has 0 bridgehead atoms. The lowest BCUT2D eigenvalue weighted by molar-refractivity contribution is -0.154. The molecule has 2 heterocycles. The molecule has 1 saturated heterocycles. The first-order valence-electron chi connectivity index (χ1n) is 10.7. The van der Waals surface area contributed by atoms with Crippen LogP contribution in [-0.4, -0.2) is 44.7 Å². The van der Waals surface area contributed by atoms with Gasteiger partial charge in [0.05, 0.1) is 26.7 Å². The van der Waals surface area contributed by atoms with E-state index in [1.54, 1.807) is 19.1 Å². The third-order valence-corrected chi connectivity index (χ3v) is 6.53. The van der Waals surface area contributed by atoms with Crippen LogP contribution in [0, 0.1) is 11.8 Å². The number of phenolic OH excluding ortho intramolecular Hbond substituents is 1. The first-order chi connectivity index (χ1) is 16.0. The number of methoxy groups -OCH3 is 2. The predicted octanol–water partition coefficient (Wildman–Crippen LogP) is 3.07. The van der Waals surface area contributed by atoms with Crippen LogP contribution in [0.5, 0.6) is 28.7 Å². The molecule has 0 spiro atoms. The average Bonchev–Trinajstić information content (AvgIpc) is 3.44. The smallest absolute Gasteiger partial charge is 0.310 e. The Morgan fingerprint density at radius 1 is 1.03 bits per heavy atom. The van der Waals surface area contributed by atoms with Gasteiger partial charge in [-0.15, -0.1) is 0 Å². The van der Waals surface area contributed by atoms with Gasteiger partial charge in [0.2, 0.25) is 12.5 Å². The van der Waals surface area contributed by atoms with Gasteiger partial charge in [0.1, 0.15) is 6.10 Å². The van der Waals surface area contributed by atoms with E-state index in [0.29, 0.717) is 17.1 Å². The highest BCUT2D eigenvalue weighted by molar-refractivity contribution is 5.79. The number of esters is 2. The second-order valence-corrected chi connectivity index (χ2v) is 8.17. The Balaban J connectivity index is 1.74. The summed E-state index contributed by atoms with van der Waals surface area (Å²) in [6.45, 7) is 1.93. The molecule has 9 heteroatoms. The van der Waals surface area contributed by atoms with E-state index in [0.717, 1.165) is 11.1 Å². The molecule has 1 fully saturated rings. The van der Waals surface area contributed by atoms with Gasteiger partial charge in [0.25, 0.3) is 0 Å². The minimum atomic E-state index is -0.671. The summed E-state index contributed by atoms with van der Waals surface area (Å²) in [5, 5.41) is 10.4. The van der Waals surface area contributed by atoms with E-state index in [1.165, 1.54) is 14.2 Å². The molecule has 0 radical (unpaired) electrons. The van der Waals surface area contributed by atoms with E-state index in [1.807, 2.05) is 12.1 Å². The molecular formula is C24H24O9. The number of rotatable bonds is 5. The van der Waals surface area contributed by atoms with Crippen LogP contribution in [0.1, 0.15) is 42.1 Å². The second kappa shape index (κ2) is 8.06. The van der Waals surface area contributed by atoms with Crippen molar-refractivity contribution in [2.45, 2.75) is 25.4 Å². The molecule has 1 aliphatic carbocycles. The molecule has 0 aromatic heterocycles. The number of hydrogen-bond donors (Lipinski definition) is 1. The SMILES string of the molecule is CCC(=O)O[C@@H]1c2cc3c(cc2[C@@H](c2cc(OC)c(O)c(OC)c2)[C@H]2C(=O)OC[C@@H]21)OCO3. The fourth-order valence-corrected chi connectivity index (χ4v) is 4.98. The van der Waals surface area contributed by atoms with Gasteiger partial charge in [0.15, 0.2) is 23.0 Å². The summed E-state index contributed by atoms with van der Waals surface area (Å²) in [5.74, 6) is -0.840. The number of carbonyl (C=O) groups is 2. The molecule has 2 aliphatic heterocycles. The molecule has 5 rings (SSSR count). The Morgan fingerprint density at radius 3 is 2.27 bits per heavy atom. The largest absolute Gasteiger partial charge is 0.502 e. The van der Waals surface area contributed by atoms with E-state index in [4.69, 9.17) is 28.4 Å². The summed E-state index contributed by atoms with van der Waals surface area (Å²) in [6, 6.07) is 6.99. The Morgan fingerprint density at radius 2 is 1.67 bits per heavy atom. The standard InChI is InChI=1S/C24H24O9/c1-4-19(25)33-23-13-8-16-15(31-10-32-16)7-12(13)20(21-14(23)9-30-24(21)27)11-5-17(28-2)22(26)18(6-11)29-3/h5-8,14,20-21,23,26H,4,9-10H2,1-3H3/t14-,20+,21-,23+/m0/s1. The van der Waals surface area contributed by atoms with Gasteiger partial charge in [-0.2, -0.15) is 0 Å². The molecule has 4 atom stereocenters.